The highest BCUT2D eigenvalue weighted by Crippen LogP contribution is 1.90. The molecule has 0 fully saturated rings. The van der Waals surface area contributed by atoms with Gasteiger partial charge in [0, 0.05) is 19.0 Å². The molecule has 5 heteroatoms. The average molecular weight is 174 g/mol. The van der Waals surface area contributed by atoms with Gasteiger partial charge >= 0.3 is 5.97 Å². The van der Waals surface area contributed by atoms with Crippen LogP contribution in [0.2, 0.25) is 0 Å². The SMILES string of the molecule is COC(=O)/C(C=N)=C/NCCF. The molecule has 68 valence electrons. The van der Waals surface area contributed by atoms with E-state index < -0.39 is 12.6 Å². The van der Waals surface area contributed by atoms with Crippen molar-refractivity contribution in [2.75, 3.05) is 20.3 Å². The molecule has 0 aromatic carbocycles. The second-order valence-electron chi connectivity index (χ2n) is 1.88. The Hall–Kier alpha value is -1.39. The van der Waals surface area contributed by atoms with E-state index in [1.165, 1.54) is 13.3 Å². The second kappa shape index (κ2) is 6.33. The van der Waals surface area contributed by atoms with E-state index in [-0.39, 0.29) is 12.1 Å². The Bertz CT molecular complexity index is 192. The maximum Gasteiger partial charge on any atom is 0.340 e. The van der Waals surface area contributed by atoms with Crippen LogP contribution in [0.4, 0.5) is 4.39 Å². The molecular weight excluding hydrogens is 163 g/mol. The lowest BCUT2D eigenvalue weighted by Crippen LogP contribution is -2.14. The lowest BCUT2D eigenvalue weighted by Gasteiger charge is -1.99. The van der Waals surface area contributed by atoms with E-state index in [9.17, 15) is 9.18 Å². The fraction of sp³-hybridized carbons (Fsp3) is 0.429. The molecule has 0 saturated heterocycles. The molecule has 0 rings (SSSR count). The topological polar surface area (TPSA) is 62.2 Å². The fourth-order valence-corrected chi connectivity index (χ4v) is 0.514. The first-order valence-electron chi connectivity index (χ1n) is 3.34. The van der Waals surface area contributed by atoms with E-state index >= 15 is 0 Å². The van der Waals surface area contributed by atoms with E-state index in [1.54, 1.807) is 0 Å². The van der Waals surface area contributed by atoms with Crippen LogP contribution in [0.5, 0.6) is 0 Å². The summed E-state index contributed by atoms with van der Waals surface area (Å²) in [6, 6.07) is 0. The zero-order valence-electron chi connectivity index (χ0n) is 6.76. The van der Waals surface area contributed by atoms with Gasteiger partial charge in [-0.05, 0) is 0 Å². The van der Waals surface area contributed by atoms with Gasteiger partial charge in [0.1, 0.15) is 6.67 Å². The van der Waals surface area contributed by atoms with Gasteiger partial charge in [-0.1, -0.05) is 0 Å². The van der Waals surface area contributed by atoms with E-state index in [0.717, 1.165) is 6.21 Å². The molecule has 0 atom stereocenters. The van der Waals surface area contributed by atoms with Crippen molar-refractivity contribution >= 4 is 12.2 Å². The molecule has 0 saturated carbocycles. The number of ether oxygens (including phenoxy) is 1. The van der Waals surface area contributed by atoms with Crippen LogP contribution in [0.3, 0.4) is 0 Å². The molecule has 0 radical (unpaired) electrons. The number of rotatable bonds is 5. The monoisotopic (exact) mass is 174 g/mol. The number of hydrogen-bond donors (Lipinski definition) is 2. The zero-order chi connectivity index (χ0) is 9.40. The highest BCUT2D eigenvalue weighted by molar-refractivity contribution is 6.08. The van der Waals surface area contributed by atoms with Gasteiger partial charge < -0.3 is 15.5 Å². The summed E-state index contributed by atoms with van der Waals surface area (Å²) in [5.41, 5.74) is 0.0611. The Morgan fingerprint density at radius 1 is 1.75 bits per heavy atom. The Morgan fingerprint density at radius 2 is 2.42 bits per heavy atom. The molecule has 12 heavy (non-hydrogen) atoms. The molecule has 0 spiro atoms. The summed E-state index contributed by atoms with van der Waals surface area (Å²) in [4.78, 5) is 10.8. The van der Waals surface area contributed by atoms with Crippen LogP contribution >= 0.6 is 0 Å². The van der Waals surface area contributed by atoms with Crippen molar-refractivity contribution in [3.8, 4) is 0 Å². The molecule has 4 nitrogen and oxygen atoms in total. The van der Waals surface area contributed by atoms with Crippen LogP contribution < -0.4 is 5.32 Å². The number of alkyl halides is 1. The quantitative estimate of drug-likeness (QED) is 0.272. The van der Waals surface area contributed by atoms with Crippen LogP contribution in [0.1, 0.15) is 0 Å². The number of carbonyl (C=O) groups excluding carboxylic acids is 1. The van der Waals surface area contributed by atoms with E-state index in [1.807, 2.05) is 0 Å². The highest BCUT2D eigenvalue weighted by Gasteiger charge is 2.04. The lowest BCUT2D eigenvalue weighted by atomic mass is 10.3. The summed E-state index contributed by atoms with van der Waals surface area (Å²) in [6.45, 7) is -0.405. The molecule has 0 aliphatic carbocycles. The summed E-state index contributed by atoms with van der Waals surface area (Å²) in [5, 5.41) is 9.31. The van der Waals surface area contributed by atoms with Gasteiger partial charge in [0.25, 0.3) is 0 Å². The molecule has 0 unspecified atom stereocenters. The average Bonchev–Trinajstić information content (AvgIpc) is 2.11. The molecule has 0 amide bonds. The van der Waals surface area contributed by atoms with Crippen LogP contribution in [-0.2, 0) is 9.53 Å². The van der Waals surface area contributed by atoms with Gasteiger partial charge in [-0.25, -0.2) is 9.18 Å². The summed E-state index contributed by atoms with van der Waals surface area (Å²) < 4.78 is 15.9. The van der Waals surface area contributed by atoms with Crippen LogP contribution in [0.15, 0.2) is 11.8 Å². The Morgan fingerprint density at radius 3 is 2.83 bits per heavy atom. The van der Waals surface area contributed by atoms with Crippen molar-refractivity contribution in [3.63, 3.8) is 0 Å². The van der Waals surface area contributed by atoms with Crippen molar-refractivity contribution in [3.05, 3.63) is 11.8 Å². The third kappa shape index (κ3) is 3.70. The smallest absolute Gasteiger partial charge is 0.340 e. The summed E-state index contributed by atoms with van der Waals surface area (Å²) in [7, 11) is 1.22. The van der Waals surface area contributed by atoms with Crippen molar-refractivity contribution in [2.45, 2.75) is 0 Å². The van der Waals surface area contributed by atoms with Gasteiger partial charge in [-0.2, -0.15) is 0 Å². The third-order valence-electron chi connectivity index (χ3n) is 1.07. The standard InChI is InChI=1S/C7H11FN2O2/c1-12-7(11)6(4-9)5-10-3-2-8/h4-5,9-10H,2-3H2,1H3/b6-5+,9-4?. The molecule has 0 heterocycles. The lowest BCUT2D eigenvalue weighted by molar-refractivity contribution is -0.135. The number of methoxy groups -OCH3 is 1. The van der Waals surface area contributed by atoms with Crippen molar-refractivity contribution in [2.24, 2.45) is 0 Å². The summed E-state index contributed by atoms with van der Waals surface area (Å²) in [6.07, 6.45) is 2.09. The summed E-state index contributed by atoms with van der Waals surface area (Å²) >= 11 is 0. The van der Waals surface area contributed by atoms with E-state index in [4.69, 9.17) is 5.41 Å². The molecule has 0 aliphatic heterocycles. The predicted octanol–water partition coefficient (Wildman–Crippen LogP) is 0.252. The minimum atomic E-state index is -0.614. The molecule has 0 aromatic rings. The Balaban J connectivity index is 4.04. The number of halogens is 1. The minimum absolute atomic E-state index is 0.0611. The third-order valence-corrected chi connectivity index (χ3v) is 1.07. The molecular formula is C7H11FN2O2. The summed E-state index contributed by atoms with van der Waals surface area (Å²) in [5.74, 6) is -0.614. The van der Waals surface area contributed by atoms with Crippen molar-refractivity contribution < 1.29 is 13.9 Å². The number of carbonyl (C=O) groups is 1. The van der Waals surface area contributed by atoms with Gasteiger partial charge in [0.05, 0.1) is 12.7 Å². The van der Waals surface area contributed by atoms with E-state index in [2.05, 4.69) is 10.1 Å². The van der Waals surface area contributed by atoms with Crippen LogP contribution in [0, 0.1) is 5.41 Å². The molecule has 0 aromatic heterocycles. The van der Waals surface area contributed by atoms with Crippen molar-refractivity contribution in [1.29, 1.82) is 5.41 Å². The number of nitrogens with one attached hydrogen (secondary N) is 2. The molecule has 2 N–H and O–H groups in total. The Kier molecular flexibility index (Phi) is 5.60. The van der Waals surface area contributed by atoms with Crippen LogP contribution in [-0.4, -0.2) is 32.5 Å². The van der Waals surface area contributed by atoms with Gasteiger partial charge in [0.15, 0.2) is 0 Å². The second-order valence-corrected chi connectivity index (χ2v) is 1.88. The number of hydrogen-bond acceptors (Lipinski definition) is 4. The first-order chi connectivity index (χ1) is 5.76. The zero-order valence-corrected chi connectivity index (χ0v) is 6.76. The molecule has 0 bridgehead atoms. The van der Waals surface area contributed by atoms with Gasteiger partial charge in [-0.15, -0.1) is 0 Å². The Labute approximate surface area is 69.9 Å². The largest absolute Gasteiger partial charge is 0.465 e. The minimum Gasteiger partial charge on any atom is -0.465 e. The predicted molar refractivity (Wildman–Crippen MR) is 42.9 cm³/mol. The van der Waals surface area contributed by atoms with Crippen molar-refractivity contribution in [1.82, 2.24) is 5.32 Å². The van der Waals surface area contributed by atoms with Gasteiger partial charge in [0.2, 0.25) is 0 Å². The first-order valence-corrected chi connectivity index (χ1v) is 3.34. The highest BCUT2D eigenvalue weighted by atomic mass is 19.1. The normalized spacial score (nSPS) is 10.7. The first kappa shape index (κ1) is 10.6. The fourth-order valence-electron chi connectivity index (χ4n) is 0.514. The molecule has 0 aliphatic rings. The van der Waals surface area contributed by atoms with Gasteiger partial charge in [-0.3, -0.25) is 0 Å². The van der Waals surface area contributed by atoms with E-state index in [0.29, 0.717) is 0 Å². The number of esters is 1. The maximum atomic E-state index is 11.6. The van der Waals surface area contributed by atoms with Crippen LogP contribution in [0.25, 0.3) is 0 Å². The maximum absolute atomic E-state index is 11.6.